The molecule has 1 N–H and O–H groups in total. The molecule has 1 aliphatic heterocycles. The summed E-state index contributed by atoms with van der Waals surface area (Å²) in [7, 11) is 1.84. The maximum absolute atomic E-state index is 12.5. The van der Waals surface area contributed by atoms with Gasteiger partial charge in [-0.1, -0.05) is 42.5 Å². The summed E-state index contributed by atoms with van der Waals surface area (Å²) in [5.74, 6) is 1.69. The van der Waals surface area contributed by atoms with E-state index in [-0.39, 0.29) is 11.7 Å². The second kappa shape index (κ2) is 9.50. The second-order valence-corrected chi connectivity index (χ2v) is 8.75. The molecule has 8 heteroatoms. The molecule has 0 radical (unpaired) electrons. The van der Waals surface area contributed by atoms with Crippen molar-refractivity contribution in [3.63, 3.8) is 0 Å². The molecule has 32 heavy (non-hydrogen) atoms. The lowest BCUT2D eigenvalue weighted by Crippen LogP contribution is -2.38. The number of rotatable bonds is 9. The molecular formula is C24H28F3N3O2. The summed E-state index contributed by atoms with van der Waals surface area (Å²) in [4.78, 5) is 16.5. The molecule has 1 heterocycles. The number of hydrogen-bond donors (Lipinski definition) is 1. The van der Waals surface area contributed by atoms with E-state index in [1.54, 1.807) is 17.0 Å². The van der Waals surface area contributed by atoms with Crippen LogP contribution >= 0.6 is 0 Å². The number of carbonyl (C=O) groups excluding carboxylic acids is 1. The second-order valence-electron chi connectivity index (χ2n) is 8.75. The first kappa shape index (κ1) is 22.6. The maximum atomic E-state index is 12.5. The Balaban J connectivity index is 1.15. The van der Waals surface area contributed by atoms with Crippen LogP contribution < -0.4 is 10.1 Å². The highest BCUT2D eigenvalue weighted by Crippen LogP contribution is 2.51. The first-order chi connectivity index (χ1) is 15.3. The molecule has 2 unspecified atom stereocenters. The lowest BCUT2D eigenvalue weighted by Gasteiger charge is -2.23. The van der Waals surface area contributed by atoms with Crippen molar-refractivity contribution in [2.45, 2.75) is 19.5 Å². The monoisotopic (exact) mass is 447 g/mol. The van der Waals surface area contributed by atoms with E-state index in [1.807, 2.05) is 37.4 Å². The zero-order chi connectivity index (χ0) is 22.7. The molecule has 2 aromatic carbocycles. The number of nitrogens with one attached hydrogen (secondary N) is 1. The molecule has 2 fully saturated rings. The Kier molecular flexibility index (Phi) is 6.71. The van der Waals surface area contributed by atoms with Crippen molar-refractivity contribution in [1.29, 1.82) is 0 Å². The van der Waals surface area contributed by atoms with Gasteiger partial charge in [0.05, 0.1) is 6.54 Å². The van der Waals surface area contributed by atoms with Crippen molar-refractivity contribution in [2.24, 2.45) is 17.8 Å². The Bertz CT molecular complexity index is 910. The van der Waals surface area contributed by atoms with Gasteiger partial charge < -0.3 is 15.0 Å². The SMILES string of the molecule is CN(Cc1ccccc1)C(=O)CN1CC2C(CNCc3cccc(OC(F)(F)F)c3)C2C1. The number of benzene rings is 2. The smallest absolute Gasteiger partial charge is 0.406 e. The van der Waals surface area contributed by atoms with Gasteiger partial charge in [0.25, 0.3) is 0 Å². The predicted octanol–water partition coefficient (Wildman–Crippen LogP) is 3.51. The lowest BCUT2D eigenvalue weighted by atomic mass is 10.2. The summed E-state index contributed by atoms with van der Waals surface area (Å²) < 4.78 is 41.0. The van der Waals surface area contributed by atoms with Crippen LogP contribution in [0.2, 0.25) is 0 Å². The average Bonchev–Trinajstić information content (AvgIpc) is 3.18. The van der Waals surface area contributed by atoms with Crippen molar-refractivity contribution >= 4 is 5.91 Å². The highest BCUT2D eigenvalue weighted by atomic mass is 19.4. The van der Waals surface area contributed by atoms with E-state index >= 15 is 0 Å². The summed E-state index contributed by atoms with van der Waals surface area (Å²) in [5, 5.41) is 3.35. The molecule has 1 aliphatic carbocycles. The van der Waals surface area contributed by atoms with Gasteiger partial charge in [0.1, 0.15) is 5.75 Å². The summed E-state index contributed by atoms with van der Waals surface area (Å²) in [5.41, 5.74) is 1.88. The molecule has 0 aromatic heterocycles. The molecule has 2 atom stereocenters. The van der Waals surface area contributed by atoms with E-state index in [4.69, 9.17) is 0 Å². The molecule has 5 nitrogen and oxygen atoms in total. The summed E-state index contributed by atoms with van der Waals surface area (Å²) in [6.45, 7) is 4.24. The van der Waals surface area contributed by atoms with Gasteiger partial charge >= 0.3 is 6.36 Å². The van der Waals surface area contributed by atoms with Crippen molar-refractivity contribution < 1.29 is 22.7 Å². The van der Waals surface area contributed by atoms with E-state index in [0.717, 1.165) is 30.8 Å². The van der Waals surface area contributed by atoms with Crippen LogP contribution in [0.4, 0.5) is 13.2 Å². The molecular weight excluding hydrogens is 419 g/mol. The van der Waals surface area contributed by atoms with E-state index in [9.17, 15) is 18.0 Å². The van der Waals surface area contributed by atoms with Crippen LogP contribution in [-0.4, -0.2) is 55.3 Å². The Labute approximate surface area is 186 Å². The third-order valence-electron chi connectivity index (χ3n) is 6.34. The predicted molar refractivity (Wildman–Crippen MR) is 115 cm³/mol. The molecule has 4 rings (SSSR count). The van der Waals surface area contributed by atoms with Crippen LogP contribution in [0.15, 0.2) is 54.6 Å². The van der Waals surface area contributed by atoms with E-state index in [0.29, 0.717) is 37.4 Å². The van der Waals surface area contributed by atoms with Gasteiger partial charge in [0, 0.05) is 33.2 Å². The lowest BCUT2D eigenvalue weighted by molar-refractivity contribution is -0.274. The number of alkyl halides is 3. The number of likely N-dealkylation sites (tertiary alicyclic amines) is 1. The number of fused-ring (bicyclic) bond motifs is 1. The van der Waals surface area contributed by atoms with Gasteiger partial charge in [-0.05, 0) is 47.6 Å². The minimum Gasteiger partial charge on any atom is -0.406 e. The Morgan fingerprint density at radius 3 is 2.47 bits per heavy atom. The molecule has 172 valence electrons. The molecule has 2 aromatic rings. The van der Waals surface area contributed by atoms with Crippen molar-refractivity contribution in [1.82, 2.24) is 15.1 Å². The molecule has 1 saturated carbocycles. The van der Waals surface area contributed by atoms with E-state index < -0.39 is 6.36 Å². The maximum Gasteiger partial charge on any atom is 0.573 e. The van der Waals surface area contributed by atoms with Crippen molar-refractivity contribution in [3.8, 4) is 5.75 Å². The standard InChI is InChI=1S/C24H28F3N3O2/c1-29(13-17-6-3-2-4-7-17)23(31)16-30-14-21-20(22(21)15-30)12-28-11-18-8-5-9-19(10-18)32-24(25,26)27/h2-10,20-22,28H,11-16H2,1H3. The zero-order valence-corrected chi connectivity index (χ0v) is 18.0. The zero-order valence-electron chi connectivity index (χ0n) is 18.0. The number of halogens is 3. The van der Waals surface area contributed by atoms with Gasteiger partial charge in [-0.3, -0.25) is 9.69 Å². The van der Waals surface area contributed by atoms with Gasteiger partial charge in [-0.2, -0.15) is 0 Å². The van der Waals surface area contributed by atoms with Gasteiger partial charge in [0.15, 0.2) is 0 Å². The minimum atomic E-state index is -4.68. The summed E-state index contributed by atoms with van der Waals surface area (Å²) in [6, 6.07) is 16.0. The molecule has 2 aliphatic rings. The van der Waals surface area contributed by atoms with Crippen molar-refractivity contribution in [2.75, 3.05) is 33.2 Å². The van der Waals surface area contributed by atoms with Gasteiger partial charge in [-0.15, -0.1) is 13.2 Å². The first-order valence-corrected chi connectivity index (χ1v) is 10.8. The molecule has 1 amide bonds. The molecule has 0 bridgehead atoms. The molecule has 0 spiro atoms. The van der Waals surface area contributed by atoms with Crippen molar-refractivity contribution in [3.05, 3.63) is 65.7 Å². The first-order valence-electron chi connectivity index (χ1n) is 10.8. The third-order valence-corrected chi connectivity index (χ3v) is 6.34. The van der Waals surface area contributed by atoms with Gasteiger partial charge in [-0.25, -0.2) is 0 Å². The number of nitrogens with zero attached hydrogens (tertiary/aromatic N) is 2. The van der Waals surface area contributed by atoms with Crippen LogP contribution in [0, 0.1) is 17.8 Å². The Hall–Kier alpha value is -2.58. The van der Waals surface area contributed by atoms with Gasteiger partial charge in [0.2, 0.25) is 5.91 Å². The fourth-order valence-electron chi connectivity index (χ4n) is 4.66. The fourth-order valence-corrected chi connectivity index (χ4v) is 4.66. The number of likely N-dealkylation sites (N-methyl/N-ethyl adjacent to an activating group) is 1. The topological polar surface area (TPSA) is 44.8 Å². The third kappa shape index (κ3) is 6.01. The largest absolute Gasteiger partial charge is 0.573 e. The van der Waals surface area contributed by atoms with Crippen LogP contribution in [0.3, 0.4) is 0 Å². The van der Waals surface area contributed by atoms with Crippen LogP contribution in [-0.2, 0) is 17.9 Å². The Morgan fingerprint density at radius 1 is 1.09 bits per heavy atom. The summed E-state index contributed by atoms with van der Waals surface area (Å²) in [6.07, 6.45) is -4.68. The normalized spacial score (nSPS) is 22.4. The highest BCUT2D eigenvalue weighted by molar-refractivity contribution is 5.78. The Morgan fingerprint density at radius 2 is 1.78 bits per heavy atom. The minimum absolute atomic E-state index is 0.130. The van der Waals surface area contributed by atoms with Crippen LogP contribution in [0.25, 0.3) is 0 Å². The van der Waals surface area contributed by atoms with Crippen LogP contribution in [0.1, 0.15) is 11.1 Å². The number of ether oxygens (including phenoxy) is 1. The average molecular weight is 448 g/mol. The molecule has 1 saturated heterocycles. The quantitative estimate of drug-likeness (QED) is 0.639. The number of piperidine rings is 1. The highest BCUT2D eigenvalue weighted by Gasteiger charge is 2.55. The number of hydrogen-bond acceptors (Lipinski definition) is 4. The summed E-state index contributed by atoms with van der Waals surface area (Å²) >= 11 is 0. The van der Waals surface area contributed by atoms with Crippen LogP contribution in [0.5, 0.6) is 5.75 Å². The van der Waals surface area contributed by atoms with E-state index in [1.165, 1.54) is 12.1 Å². The van der Waals surface area contributed by atoms with E-state index in [2.05, 4.69) is 15.0 Å². The number of amides is 1. The number of carbonyl (C=O) groups is 1. The fraction of sp³-hybridized carbons (Fsp3) is 0.458.